The number of carbonyl (C=O) groups excluding carboxylic acids is 2. The average molecular weight is 675 g/mol. The molecule has 0 bridgehead atoms. The zero-order valence-electron chi connectivity index (χ0n) is 22.6. The summed E-state index contributed by atoms with van der Waals surface area (Å²) in [5.74, 6) is 0.112. The van der Waals surface area contributed by atoms with Crippen LogP contribution < -0.4 is 20.5 Å². The Bertz CT molecular complexity index is 1680. The topological polar surface area (TPSA) is 114 Å². The highest BCUT2D eigenvalue weighted by Gasteiger charge is 2.32. The number of rotatable bonds is 7. The molecule has 1 fully saturated rings. The molecule has 1 aliphatic heterocycles. The van der Waals surface area contributed by atoms with Crippen molar-refractivity contribution in [2.24, 2.45) is 4.99 Å². The molecular weight excluding hydrogens is 651 g/mol. The number of benzene rings is 3. The molecule has 0 spiro atoms. The van der Waals surface area contributed by atoms with Gasteiger partial charge in [-0.1, -0.05) is 58.0 Å². The number of alkyl halides is 3. The van der Waals surface area contributed by atoms with Crippen LogP contribution in [0.25, 0.3) is 17.1 Å². The van der Waals surface area contributed by atoms with Crippen molar-refractivity contribution in [2.75, 3.05) is 10.7 Å². The lowest BCUT2D eigenvalue weighted by Crippen LogP contribution is -2.39. The average Bonchev–Trinajstić information content (AvgIpc) is 3.60. The van der Waals surface area contributed by atoms with E-state index >= 15 is 0 Å². The molecule has 2 heterocycles. The van der Waals surface area contributed by atoms with Crippen LogP contribution in [0, 0.1) is 6.92 Å². The first kappa shape index (κ1) is 30.3. The summed E-state index contributed by atoms with van der Waals surface area (Å²) < 4.78 is 43.3. The van der Waals surface area contributed by atoms with Crippen LogP contribution in [0.5, 0.6) is 5.75 Å². The van der Waals surface area contributed by atoms with Gasteiger partial charge in [0.1, 0.15) is 12.1 Å². The van der Waals surface area contributed by atoms with Crippen molar-refractivity contribution < 1.29 is 27.5 Å². The Balaban J connectivity index is 1.19. The Morgan fingerprint density at radius 3 is 2.53 bits per heavy atom. The number of amidine groups is 1. The molecule has 43 heavy (non-hydrogen) atoms. The van der Waals surface area contributed by atoms with Crippen LogP contribution in [0.2, 0.25) is 0 Å². The number of ether oxygens (including phenoxy) is 1. The van der Waals surface area contributed by atoms with E-state index in [2.05, 4.69) is 46.6 Å². The van der Waals surface area contributed by atoms with Gasteiger partial charge in [0.25, 0.3) is 0 Å². The first-order valence-corrected chi connectivity index (χ1v) is 14.5. The molecule has 4 aromatic rings. The van der Waals surface area contributed by atoms with Gasteiger partial charge < -0.3 is 4.74 Å². The van der Waals surface area contributed by atoms with Gasteiger partial charge in [-0.25, -0.2) is 19.9 Å². The highest BCUT2D eigenvalue weighted by molar-refractivity contribution is 9.10. The number of nitrogens with zero attached hydrogens (tertiary/aromatic N) is 5. The van der Waals surface area contributed by atoms with E-state index in [1.165, 1.54) is 51.9 Å². The van der Waals surface area contributed by atoms with Crippen LogP contribution in [-0.2, 0) is 4.79 Å². The van der Waals surface area contributed by atoms with Crippen molar-refractivity contribution in [1.82, 2.24) is 25.6 Å². The number of hydrogen-bond acceptors (Lipinski definition) is 7. The molecule has 1 aliphatic rings. The summed E-state index contributed by atoms with van der Waals surface area (Å²) in [6.45, 7) is 3.73. The molecule has 3 aromatic carbocycles. The number of thioether (sulfide) groups is 1. The van der Waals surface area contributed by atoms with E-state index in [0.29, 0.717) is 27.9 Å². The van der Waals surface area contributed by atoms with Crippen molar-refractivity contribution in [3.8, 4) is 22.8 Å². The number of amides is 3. The van der Waals surface area contributed by atoms with Crippen molar-refractivity contribution in [1.29, 1.82) is 0 Å². The standard InChI is InChI=1S/C28H23BrF3N7O3S/c1-16-3-8-20(29)13-23(16)39-24(40)14-43-27(39)34-26(41)36-35-17(2)18-4-6-19(7-5-18)25-33-15-38(37-25)21-9-11-22(12-10-21)42-28(30,31)32/h3-13,15,17,35H,14H2,1-2H3,(H,36,41). The van der Waals surface area contributed by atoms with E-state index < -0.39 is 12.4 Å². The molecule has 1 atom stereocenters. The quantitative estimate of drug-likeness (QED) is 0.221. The molecule has 0 saturated carbocycles. The van der Waals surface area contributed by atoms with E-state index in [1.807, 2.05) is 56.3 Å². The molecule has 1 unspecified atom stereocenters. The summed E-state index contributed by atoms with van der Waals surface area (Å²) in [6.07, 6.45) is -3.31. The van der Waals surface area contributed by atoms with E-state index in [4.69, 9.17) is 0 Å². The Morgan fingerprint density at radius 1 is 1.12 bits per heavy atom. The highest BCUT2D eigenvalue weighted by Crippen LogP contribution is 2.31. The van der Waals surface area contributed by atoms with E-state index in [0.717, 1.165) is 15.6 Å². The zero-order chi connectivity index (χ0) is 30.7. The normalized spacial score (nSPS) is 15.2. The third-order valence-electron chi connectivity index (χ3n) is 6.27. The smallest absolute Gasteiger partial charge is 0.406 e. The fourth-order valence-corrected chi connectivity index (χ4v) is 5.32. The lowest BCUT2D eigenvalue weighted by Gasteiger charge is -2.19. The first-order valence-electron chi connectivity index (χ1n) is 12.7. The van der Waals surface area contributed by atoms with Gasteiger partial charge in [-0.2, -0.15) is 4.99 Å². The van der Waals surface area contributed by atoms with Crippen LogP contribution >= 0.6 is 27.7 Å². The van der Waals surface area contributed by atoms with Crippen molar-refractivity contribution in [3.63, 3.8) is 0 Å². The number of hydrogen-bond donors (Lipinski definition) is 2. The number of hydrazine groups is 1. The number of aliphatic imine (C=N–C) groups is 1. The predicted molar refractivity (Wildman–Crippen MR) is 160 cm³/mol. The molecule has 3 amide bonds. The lowest BCUT2D eigenvalue weighted by molar-refractivity contribution is -0.274. The third kappa shape index (κ3) is 7.42. The number of anilines is 1. The first-order chi connectivity index (χ1) is 20.5. The van der Waals surface area contributed by atoms with E-state index in [1.54, 1.807) is 0 Å². The summed E-state index contributed by atoms with van der Waals surface area (Å²) in [5.41, 5.74) is 9.10. The molecule has 0 radical (unpaired) electrons. The summed E-state index contributed by atoms with van der Waals surface area (Å²) in [7, 11) is 0. The summed E-state index contributed by atoms with van der Waals surface area (Å²) in [4.78, 5) is 35.0. The van der Waals surface area contributed by atoms with Crippen LogP contribution in [0.15, 0.2) is 82.5 Å². The molecule has 2 N–H and O–H groups in total. The number of halogens is 4. The van der Waals surface area contributed by atoms with Crippen molar-refractivity contribution >= 4 is 50.5 Å². The maximum atomic E-state index is 12.6. The summed E-state index contributed by atoms with van der Waals surface area (Å²) in [5, 5.41) is 4.70. The second kappa shape index (κ2) is 12.6. The minimum absolute atomic E-state index is 0.160. The van der Waals surface area contributed by atoms with Crippen molar-refractivity contribution in [3.05, 3.63) is 88.7 Å². The molecule has 0 aliphatic carbocycles. The fourth-order valence-electron chi connectivity index (χ4n) is 4.11. The molecule has 222 valence electrons. The van der Waals surface area contributed by atoms with Crippen LogP contribution in [0.4, 0.5) is 23.7 Å². The molecule has 10 nitrogen and oxygen atoms in total. The third-order valence-corrected chi connectivity index (χ3v) is 7.68. The minimum atomic E-state index is -4.76. The molecular formula is C28H23BrF3N7O3S. The Kier molecular flexibility index (Phi) is 8.84. The van der Waals surface area contributed by atoms with Gasteiger partial charge in [0.05, 0.1) is 17.1 Å². The van der Waals surface area contributed by atoms with Gasteiger partial charge in [0.15, 0.2) is 11.0 Å². The largest absolute Gasteiger partial charge is 0.573 e. The fraction of sp³-hybridized carbons (Fsp3) is 0.179. The second-order valence-electron chi connectivity index (χ2n) is 9.32. The minimum Gasteiger partial charge on any atom is -0.406 e. The lowest BCUT2D eigenvalue weighted by atomic mass is 10.1. The Labute approximate surface area is 256 Å². The number of urea groups is 1. The van der Waals surface area contributed by atoms with Crippen LogP contribution in [0.1, 0.15) is 24.1 Å². The molecule has 1 aromatic heterocycles. The van der Waals surface area contributed by atoms with Gasteiger partial charge in [0.2, 0.25) is 5.91 Å². The van der Waals surface area contributed by atoms with E-state index in [-0.39, 0.29) is 23.5 Å². The Morgan fingerprint density at radius 2 is 1.84 bits per heavy atom. The summed E-state index contributed by atoms with van der Waals surface area (Å²) >= 11 is 4.61. The van der Waals surface area contributed by atoms with Gasteiger partial charge >= 0.3 is 12.4 Å². The van der Waals surface area contributed by atoms with Gasteiger partial charge in [0, 0.05) is 16.1 Å². The highest BCUT2D eigenvalue weighted by atomic mass is 79.9. The maximum Gasteiger partial charge on any atom is 0.573 e. The molecule has 1 saturated heterocycles. The van der Waals surface area contributed by atoms with Crippen LogP contribution in [-0.4, -0.2) is 44.0 Å². The maximum absolute atomic E-state index is 12.6. The molecule has 5 rings (SSSR count). The van der Waals surface area contributed by atoms with Gasteiger partial charge in [-0.3, -0.25) is 15.1 Å². The Hall–Kier alpha value is -4.21. The number of carbonyl (C=O) groups is 2. The van der Waals surface area contributed by atoms with Gasteiger partial charge in [-0.05, 0) is 61.4 Å². The summed E-state index contributed by atoms with van der Waals surface area (Å²) in [6, 6.07) is 17.2. The van der Waals surface area contributed by atoms with Crippen molar-refractivity contribution in [2.45, 2.75) is 26.3 Å². The second-order valence-corrected chi connectivity index (χ2v) is 11.2. The molecule has 15 heteroatoms. The zero-order valence-corrected chi connectivity index (χ0v) is 25.0. The predicted octanol–water partition coefficient (Wildman–Crippen LogP) is 6.32. The monoisotopic (exact) mass is 673 g/mol. The van der Waals surface area contributed by atoms with Gasteiger partial charge in [-0.15, -0.1) is 18.3 Å². The SMILES string of the molecule is Cc1ccc(Br)cc1N1C(=O)CSC1=NC(=O)NNC(C)c1ccc(-c2ncn(-c3ccc(OC(F)(F)F)cc3)n2)cc1. The van der Waals surface area contributed by atoms with Crippen LogP contribution in [0.3, 0.4) is 0 Å². The number of nitrogens with one attached hydrogen (secondary N) is 2. The van der Waals surface area contributed by atoms with E-state index in [9.17, 15) is 22.8 Å². The number of aryl methyl sites for hydroxylation is 1. The number of aromatic nitrogens is 3.